The molecule has 2 heterocycles. The predicted octanol–water partition coefficient (Wildman–Crippen LogP) is 6.29. The van der Waals surface area contributed by atoms with Crippen LogP contribution >= 0.6 is 11.6 Å². The normalized spacial score (nSPS) is 17.9. The molecule has 0 unspecified atom stereocenters. The number of carbonyl (C=O) groups is 1. The second-order valence-corrected chi connectivity index (χ2v) is 10.0. The summed E-state index contributed by atoms with van der Waals surface area (Å²) < 4.78 is 5.37. The molecule has 2 aromatic heterocycles. The molecule has 0 amide bonds. The highest BCUT2D eigenvalue weighted by molar-refractivity contribution is 6.30. The number of benzene rings is 2. The van der Waals surface area contributed by atoms with Crippen LogP contribution in [0.3, 0.4) is 0 Å². The Kier molecular flexibility index (Phi) is 7.03. The van der Waals surface area contributed by atoms with Crippen molar-refractivity contribution in [2.24, 2.45) is 5.92 Å². The molecule has 0 spiro atoms. The number of aryl methyl sites for hydroxylation is 2. The van der Waals surface area contributed by atoms with Gasteiger partial charge >= 0.3 is 0 Å². The maximum atomic E-state index is 13.2. The van der Waals surface area contributed by atoms with E-state index in [2.05, 4.69) is 15.5 Å². The van der Waals surface area contributed by atoms with Crippen LogP contribution in [0.5, 0.6) is 0 Å². The van der Waals surface area contributed by atoms with Gasteiger partial charge in [-0.15, -0.1) is 0 Å². The van der Waals surface area contributed by atoms with E-state index in [1.165, 1.54) is 0 Å². The van der Waals surface area contributed by atoms with E-state index in [1.54, 1.807) is 0 Å². The van der Waals surface area contributed by atoms with Crippen molar-refractivity contribution in [2.45, 2.75) is 58.6 Å². The lowest BCUT2D eigenvalue weighted by atomic mass is 9.84. The number of hydrogen-bond donors (Lipinski definition) is 2. The number of nitrogens with zero attached hydrogens (tertiary/aromatic N) is 3. The van der Waals surface area contributed by atoms with Crippen LogP contribution in [-0.4, -0.2) is 32.1 Å². The second kappa shape index (κ2) is 10.4. The van der Waals surface area contributed by atoms with Gasteiger partial charge in [0.25, 0.3) is 0 Å². The number of rotatable bonds is 7. The number of aromatic nitrogens is 3. The summed E-state index contributed by atoms with van der Waals surface area (Å²) in [5.41, 5.74) is 4.40. The molecule has 0 bridgehead atoms. The molecule has 36 heavy (non-hydrogen) atoms. The molecule has 1 saturated carbocycles. The molecular weight excluding hydrogens is 476 g/mol. The minimum atomic E-state index is -0.248. The van der Waals surface area contributed by atoms with Gasteiger partial charge in [-0.25, -0.2) is 9.97 Å². The SMILES string of the molecule is Cc1noc(C)c1-c1ccc2nc(C(=O)CC3CCC(O)CC3)nc(NCc3cccc(Cl)c3)c2c1. The molecule has 4 aromatic rings. The van der Waals surface area contributed by atoms with Crippen molar-refractivity contribution in [3.63, 3.8) is 0 Å². The number of ketones is 1. The lowest BCUT2D eigenvalue weighted by Crippen LogP contribution is -2.21. The highest BCUT2D eigenvalue weighted by Gasteiger charge is 2.24. The number of nitrogens with one attached hydrogen (secondary N) is 1. The standard InChI is InChI=1S/C28H29ClN4O3/c1-16-26(17(2)36-33-16)20-8-11-24-23(14-20)27(30-15-19-4-3-5-21(29)12-19)32-28(31-24)25(35)13-18-6-9-22(34)10-7-18/h3-5,8,11-12,14,18,22,34H,6-7,9-10,13,15H2,1-2H3,(H,30,31,32). The third-order valence-corrected chi connectivity index (χ3v) is 7.14. The zero-order chi connectivity index (χ0) is 25.2. The van der Waals surface area contributed by atoms with Crippen LogP contribution in [0.1, 0.15) is 59.7 Å². The Morgan fingerprint density at radius 2 is 1.92 bits per heavy atom. The zero-order valence-corrected chi connectivity index (χ0v) is 21.2. The molecule has 8 heteroatoms. The first kappa shape index (κ1) is 24.4. The first-order valence-electron chi connectivity index (χ1n) is 12.3. The Bertz CT molecular complexity index is 1390. The fourth-order valence-corrected chi connectivity index (χ4v) is 5.19. The average Bonchev–Trinajstić information content (AvgIpc) is 3.21. The fraction of sp³-hybridized carbons (Fsp3) is 0.357. The lowest BCUT2D eigenvalue weighted by molar-refractivity contribution is 0.0852. The number of aliphatic hydroxyl groups is 1. The summed E-state index contributed by atoms with van der Waals surface area (Å²) in [6.07, 6.45) is 3.33. The van der Waals surface area contributed by atoms with Crippen molar-refractivity contribution in [3.05, 3.63) is 70.3 Å². The van der Waals surface area contributed by atoms with Gasteiger partial charge in [-0.1, -0.05) is 35.0 Å². The lowest BCUT2D eigenvalue weighted by Gasteiger charge is -2.24. The van der Waals surface area contributed by atoms with E-state index in [4.69, 9.17) is 21.1 Å². The largest absolute Gasteiger partial charge is 0.393 e. The van der Waals surface area contributed by atoms with Gasteiger partial charge in [0.2, 0.25) is 0 Å². The van der Waals surface area contributed by atoms with Gasteiger partial charge in [0.15, 0.2) is 11.6 Å². The first-order valence-corrected chi connectivity index (χ1v) is 12.7. The predicted molar refractivity (Wildman–Crippen MR) is 140 cm³/mol. The number of carbonyl (C=O) groups excluding carboxylic acids is 1. The van der Waals surface area contributed by atoms with Crippen LogP contribution in [0, 0.1) is 19.8 Å². The van der Waals surface area contributed by atoms with Crippen LogP contribution in [-0.2, 0) is 6.54 Å². The fourth-order valence-electron chi connectivity index (χ4n) is 4.97. The molecule has 0 saturated heterocycles. The van der Waals surface area contributed by atoms with Crippen LogP contribution in [0.4, 0.5) is 5.82 Å². The summed E-state index contributed by atoms with van der Waals surface area (Å²) in [6, 6.07) is 13.5. The number of aliphatic hydroxyl groups excluding tert-OH is 1. The number of Topliss-reactive ketones (excluding diaryl/α,β-unsaturated/α-hetero) is 1. The maximum Gasteiger partial charge on any atom is 0.200 e. The van der Waals surface area contributed by atoms with Gasteiger partial charge in [-0.2, -0.15) is 0 Å². The number of hydrogen-bond acceptors (Lipinski definition) is 7. The molecule has 186 valence electrons. The molecule has 2 N–H and O–H groups in total. The van der Waals surface area contributed by atoms with E-state index in [0.717, 1.165) is 59.2 Å². The van der Waals surface area contributed by atoms with E-state index >= 15 is 0 Å². The third-order valence-electron chi connectivity index (χ3n) is 6.91. The Balaban J connectivity index is 1.50. The molecule has 1 fully saturated rings. The van der Waals surface area contributed by atoms with Gasteiger partial charge in [-0.3, -0.25) is 4.79 Å². The molecule has 0 atom stereocenters. The van der Waals surface area contributed by atoms with Crippen molar-refractivity contribution in [1.82, 2.24) is 15.1 Å². The van der Waals surface area contributed by atoms with Crippen LogP contribution < -0.4 is 5.32 Å². The summed E-state index contributed by atoms with van der Waals surface area (Å²) in [7, 11) is 0. The Morgan fingerprint density at radius 3 is 2.64 bits per heavy atom. The van der Waals surface area contributed by atoms with Crippen molar-refractivity contribution in [1.29, 1.82) is 0 Å². The van der Waals surface area contributed by atoms with Crippen LogP contribution in [0.25, 0.3) is 22.0 Å². The smallest absolute Gasteiger partial charge is 0.200 e. The average molecular weight is 505 g/mol. The van der Waals surface area contributed by atoms with E-state index in [-0.39, 0.29) is 23.6 Å². The second-order valence-electron chi connectivity index (χ2n) is 9.61. The molecular formula is C28H29ClN4O3. The Morgan fingerprint density at radius 1 is 1.11 bits per heavy atom. The zero-order valence-electron chi connectivity index (χ0n) is 20.4. The summed E-state index contributed by atoms with van der Waals surface area (Å²) in [4.78, 5) is 22.5. The Labute approximate surface area is 214 Å². The minimum absolute atomic E-state index is 0.0705. The van der Waals surface area contributed by atoms with Gasteiger partial charge < -0.3 is 14.9 Å². The highest BCUT2D eigenvalue weighted by Crippen LogP contribution is 2.33. The van der Waals surface area contributed by atoms with Gasteiger partial charge in [-0.05, 0) is 80.8 Å². The topological polar surface area (TPSA) is 101 Å². The molecule has 1 aliphatic rings. The maximum absolute atomic E-state index is 13.2. The summed E-state index contributed by atoms with van der Waals surface area (Å²) in [5.74, 6) is 1.73. The molecule has 7 nitrogen and oxygen atoms in total. The highest BCUT2D eigenvalue weighted by atomic mass is 35.5. The van der Waals surface area contributed by atoms with Gasteiger partial charge in [0, 0.05) is 28.9 Å². The molecule has 1 aliphatic carbocycles. The van der Waals surface area contributed by atoms with Crippen LogP contribution in [0.2, 0.25) is 5.02 Å². The summed E-state index contributed by atoms with van der Waals surface area (Å²) >= 11 is 6.17. The number of fused-ring (bicyclic) bond motifs is 1. The number of anilines is 1. The van der Waals surface area contributed by atoms with Crippen LogP contribution in [0.15, 0.2) is 47.0 Å². The summed E-state index contributed by atoms with van der Waals surface area (Å²) in [5, 5.41) is 18.8. The van der Waals surface area contributed by atoms with E-state index in [0.29, 0.717) is 29.3 Å². The van der Waals surface area contributed by atoms with E-state index in [9.17, 15) is 9.90 Å². The third kappa shape index (κ3) is 5.27. The monoisotopic (exact) mass is 504 g/mol. The van der Waals surface area contributed by atoms with Crippen molar-refractivity contribution in [2.75, 3.05) is 5.32 Å². The van der Waals surface area contributed by atoms with Crippen molar-refractivity contribution in [3.8, 4) is 11.1 Å². The quantitative estimate of drug-likeness (QED) is 0.285. The minimum Gasteiger partial charge on any atom is -0.393 e. The summed E-state index contributed by atoms with van der Waals surface area (Å²) in [6.45, 7) is 4.30. The molecule has 0 radical (unpaired) electrons. The van der Waals surface area contributed by atoms with Gasteiger partial charge in [0.05, 0.1) is 17.3 Å². The number of halogens is 1. The van der Waals surface area contributed by atoms with E-state index in [1.807, 2.05) is 56.3 Å². The van der Waals surface area contributed by atoms with Gasteiger partial charge in [0.1, 0.15) is 11.6 Å². The van der Waals surface area contributed by atoms with E-state index < -0.39 is 0 Å². The molecule has 2 aromatic carbocycles. The molecule has 0 aliphatic heterocycles. The van der Waals surface area contributed by atoms with Crippen molar-refractivity contribution < 1.29 is 14.4 Å². The Hall–Kier alpha value is -3.29. The molecule has 5 rings (SSSR count). The van der Waals surface area contributed by atoms with Crippen molar-refractivity contribution >= 4 is 34.1 Å². The first-order chi connectivity index (χ1) is 17.4.